The van der Waals surface area contributed by atoms with Crippen molar-refractivity contribution in [1.29, 1.82) is 0 Å². The lowest BCUT2D eigenvalue weighted by Crippen LogP contribution is -2.56. The minimum Gasteiger partial charge on any atom is -0.383 e. The maximum atomic E-state index is 13.4. The smallest absolute Gasteiger partial charge is 0.383 e. The van der Waals surface area contributed by atoms with Gasteiger partial charge < -0.3 is 9.84 Å². The molecule has 2 nitrogen and oxygen atoms in total. The first kappa shape index (κ1) is 18.4. The van der Waals surface area contributed by atoms with Crippen LogP contribution in [0.3, 0.4) is 0 Å². The third-order valence-electron chi connectivity index (χ3n) is 4.25. The predicted molar refractivity (Wildman–Crippen MR) is 61.6 cm³/mol. The largest absolute Gasteiger partial charge is 0.456 e. The van der Waals surface area contributed by atoms with Gasteiger partial charge in [0.1, 0.15) is 0 Å². The molecule has 0 aromatic rings. The van der Waals surface area contributed by atoms with E-state index in [1.807, 2.05) is 6.08 Å². The molecule has 0 spiro atoms. The van der Waals surface area contributed by atoms with Crippen LogP contribution in [0.2, 0.25) is 0 Å². The van der Waals surface area contributed by atoms with E-state index in [0.717, 1.165) is 0 Å². The quantitative estimate of drug-likeness (QED) is 0.582. The van der Waals surface area contributed by atoms with Crippen LogP contribution in [0.25, 0.3) is 0 Å². The van der Waals surface area contributed by atoms with Crippen LogP contribution < -0.4 is 0 Å². The van der Waals surface area contributed by atoms with Crippen molar-refractivity contribution >= 4 is 0 Å². The summed E-state index contributed by atoms with van der Waals surface area (Å²) in [6.45, 7) is -0.691. The molecule has 1 saturated carbocycles. The molecule has 23 heavy (non-hydrogen) atoms. The number of rotatable bonds is 6. The van der Waals surface area contributed by atoms with E-state index in [4.69, 9.17) is 5.11 Å². The van der Waals surface area contributed by atoms with Crippen LogP contribution >= 0.6 is 0 Å². The summed E-state index contributed by atoms with van der Waals surface area (Å²) >= 11 is 0. The van der Waals surface area contributed by atoms with Gasteiger partial charge >= 0.3 is 18.2 Å². The molecule has 2 rings (SSSR count). The van der Waals surface area contributed by atoms with Crippen molar-refractivity contribution in [2.75, 3.05) is 6.61 Å². The fraction of sp³-hybridized carbons (Fsp3) is 0.846. The normalized spacial score (nSPS) is 30.7. The highest BCUT2D eigenvalue weighted by atomic mass is 19.4. The molecule has 0 amide bonds. The summed E-state index contributed by atoms with van der Waals surface area (Å²) in [6.07, 6.45) is -14.9. The highest BCUT2D eigenvalue weighted by Crippen LogP contribution is 2.45. The Morgan fingerprint density at radius 3 is 2.09 bits per heavy atom. The summed E-state index contributed by atoms with van der Waals surface area (Å²) in [5.74, 6) is -6.28. The summed E-state index contributed by atoms with van der Waals surface area (Å²) in [6, 6.07) is 0. The Morgan fingerprint density at radius 1 is 1.04 bits per heavy atom. The van der Waals surface area contributed by atoms with Crippen LogP contribution in [0.1, 0.15) is 12.8 Å². The standard InChI is InChI=1S/C13H14F8O2/c14-9(10(22)11(15,16)13(19,20)21)12(17,18)23-5-8-4-6-1-2-7(8)3-6/h1-2,6-10,22H,3-5H2. The van der Waals surface area contributed by atoms with Gasteiger partial charge in [-0.05, 0) is 30.6 Å². The molecule has 0 aromatic carbocycles. The van der Waals surface area contributed by atoms with Gasteiger partial charge in [0.25, 0.3) is 0 Å². The number of hydrogen-bond acceptors (Lipinski definition) is 2. The second-order valence-electron chi connectivity index (χ2n) is 5.88. The summed E-state index contributed by atoms with van der Waals surface area (Å²) in [5, 5.41) is 8.70. The lowest BCUT2D eigenvalue weighted by Gasteiger charge is -2.31. The summed E-state index contributed by atoms with van der Waals surface area (Å²) in [7, 11) is 0. The van der Waals surface area contributed by atoms with Gasteiger partial charge in [0.15, 0.2) is 6.10 Å². The highest BCUT2D eigenvalue weighted by molar-refractivity contribution is 5.10. The van der Waals surface area contributed by atoms with Crippen LogP contribution in [0.4, 0.5) is 35.1 Å². The second kappa shape index (κ2) is 5.87. The molecule has 1 N–H and O–H groups in total. The van der Waals surface area contributed by atoms with Gasteiger partial charge in [0, 0.05) is 0 Å². The maximum Gasteiger partial charge on any atom is 0.456 e. The number of hydrogen-bond donors (Lipinski definition) is 1. The molecule has 5 atom stereocenters. The molecule has 0 aliphatic heterocycles. The highest BCUT2D eigenvalue weighted by Gasteiger charge is 2.68. The van der Waals surface area contributed by atoms with Crippen LogP contribution in [0.15, 0.2) is 12.2 Å². The van der Waals surface area contributed by atoms with Crippen molar-refractivity contribution in [3.05, 3.63) is 12.2 Å². The van der Waals surface area contributed by atoms with E-state index in [1.54, 1.807) is 6.08 Å². The zero-order valence-electron chi connectivity index (χ0n) is 11.5. The lowest BCUT2D eigenvalue weighted by molar-refractivity contribution is -0.353. The predicted octanol–water partition coefficient (Wildman–Crippen LogP) is 3.70. The van der Waals surface area contributed by atoms with E-state index in [9.17, 15) is 35.1 Å². The van der Waals surface area contributed by atoms with Gasteiger partial charge in [-0.2, -0.15) is 30.7 Å². The Kier molecular flexibility index (Phi) is 4.71. The van der Waals surface area contributed by atoms with Crippen molar-refractivity contribution in [2.45, 2.75) is 43.3 Å². The Morgan fingerprint density at radius 2 is 1.65 bits per heavy atom. The van der Waals surface area contributed by atoms with Crippen LogP contribution in [0, 0.1) is 17.8 Å². The van der Waals surface area contributed by atoms with Gasteiger partial charge in [-0.3, -0.25) is 0 Å². The van der Waals surface area contributed by atoms with Crippen molar-refractivity contribution in [3.63, 3.8) is 0 Å². The number of ether oxygens (including phenoxy) is 1. The van der Waals surface area contributed by atoms with E-state index in [2.05, 4.69) is 4.74 Å². The third kappa shape index (κ3) is 3.47. The molecular weight excluding hydrogens is 340 g/mol. The van der Waals surface area contributed by atoms with Gasteiger partial charge in [0.05, 0.1) is 6.61 Å². The van der Waals surface area contributed by atoms with Crippen LogP contribution in [-0.2, 0) is 4.74 Å². The Balaban J connectivity index is 1.96. The zero-order chi connectivity index (χ0) is 17.6. The summed E-state index contributed by atoms with van der Waals surface area (Å²) in [4.78, 5) is 0. The van der Waals surface area contributed by atoms with Crippen molar-refractivity contribution < 1.29 is 45.0 Å². The first-order valence-electron chi connectivity index (χ1n) is 6.83. The molecule has 10 heteroatoms. The molecular formula is C13H14F8O2. The second-order valence-corrected chi connectivity index (χ2v) is 5.88. The fourth-order valence-electron chi connectivity index (χ4n) is 2.92. The van der Waals surface area contributed by atoms with Crippen LogP contribution in [-0.4, -0.2) is 42.2 Å². The monoisotopic (exact) mass is 354 g/mol. The van der Waals surface area contributed by atoms with E-state index in [1.165, 1.54) is 0 Å². The van der Waals surface area contributed by atoms with Crippen LogP contribution in [0.5, 0.6) is 0 Å². The molecule has 2 aliphatic carbocycles. The summed E-state index contributed by atoms with van der Waals surface area (Å²) in [5.41, 5.74) is 0. The number of aliphatic hydroxyl groups is 1. The van der Waals surface area contributed by atoms with Gasteiger partial charge in [-0.1, -0.05) is 12.2 Å². The number of halogens is 8. The molecule has 0 radical (unpaired) electrons. The Hall–Kier alpha value is -0.900. The first-order valence-corrected chi connectivity index (χ1v) is 6.83. The average molecular weight is 354 g/mol. The summed E-state index contributed by atoms with van der Waals surface area (Å²) < 4.78 is 106. The zero-order valence-corrected chi connectivity index (χ0v) is 11.5. The molecule has 0 aromatic heterocycles. The minimum atomic E-state index is -6.36. The van der Waals surface area contributed by atoms with E-state index in [0.29, 0.717) is 12.8 Å². The van der Waals surface area contributed by atoms with E-state index in [-0.39, 0.29) is 17.8 Å². The molecule has 0 saturated heterocycles. The maximum absolute atomic E-state index is 13.4. The molecule has 5 unspecified atom stereocenters. The lowest BCUT2D eigenvalue weighted by atomic mass is 9.94. The number of allylic oxidation sites excluding steroid dienone is 2. The van der Waals surface area contributed by atoms with Gasteiger partial charge in [-0.15, -0.1) is 0 Å². The topological polar surface area (TPSA) is 29.5 Å². The van der Waals surface area contributed by atoms with Crippen molar-refractivity contribution in [1.82, 2.24) is 0 Å². The number of aliphatic hydroxyl groups excluding tert-OH is 1. The Labute approximate surface area is 126 Å². The third-order valence-corrected chi connectivity index (χ3v) is 4.25. The molecule has 0 heterocycles. The van der Waals surface area contributed by atoms with E-state index < -0.39 is 37.1 Å². The molecule has 1 fully saturated rings. The fourth-order valence-corrected chi connectivity index (χ4v) is 2.92. The first-order chi connectivity index (χ1) is 10.4. The van der Waals surface area contributed by atoms with E-state index >= 15 is 0 Å². The SMILES string of the molecule is OC(C(F)C(F)(F)OCC1CC2C=CC1C2)C(F)(F)C(F)(F)F. The molecule has 134 valence electrons. The Bertz CT molecular complexity index is 461. The number of fused-ring (bicyclic) bond motifs is 2. The minimum absolute atomic E-state index is 0.0598. The molecule has 2 aliphatic rings. The molecule has 2 bridgehead atoms. The van der Waals surface area contributed by atoms with Crippen molar-refractivity contribution in [2.24, 2.45) is 17.8 Å². The average Bonchev–Trinajstić information content (AvgIpc) is 3.04. The van der Waals surface area contributed by atoms with Crippen molar-refractivity contribution in [3.8, 4) is 0 Å². The number of alkyl halides is 8. The van der Waals surface area contributed by atoms with Gasteiger partial charge in [-0.25, -0.2) is 4.39 Å². The van der Waals surface area contributed by atoms with Gasteiger partial charge in [0.2, 0.25) is 6.17 Å².